The number of ether oxygens (including phenoxy) is 1. The average Bonchev–Trinajstić information content (AvgIpc) is 2.08. The fraction of sp³-hybridized carbons (Fsp3) is 1.00. The first-order valence-electron chi connectivity index (χ1n) is 3.51. The first-order chi connectivity index (χ1) is 5.57. The first-order valence-corrected chi connectivity index (χ1v) is 5.04. The zero-order chi connectivity index (χ0) is 9.30. The van der Waals surface area contributed by atoms with Gasteiger partial charge in [-0.15, -0.1) is 0 Å². The van der Waals surface area contributed by atoms with Gasteiger partial charge in [-0.2, -0.15) is 0 Å². The fourth-order valence-corrected chi connectivity index (χ4v) is 1.79. The molecule has 0 radical (unpaired) electrons. The van der Waals surface area contributed by atoms with Crippen molar-refractivity contribution in [2.75, 3.05) is 4.43 Å². The molecule has 1 saturated heterocycles. The van der Waals surface area contributed by atoms with Crippen molar-refractivity contribution < 1.29 is 25.2 Å². The van der Waals surface area contributed by atoms with Crippen LogP contribution in [-0.2, 0) is 4.74 Å². The summed E-state index contributed by atoms with van der Waals surface area (Å²) >= 11 is 1.96. The minimum Gasteiger partial charge on any atom is -0.388 e. The molecule has 0 aromatic heterocycles. The Morgan fingerprint density at radius 1 is 1.00 bits per heavy atom. The summed E-state index contributed by atoms with van der Waals surface area (Å²) in [5.41, 5.74) is 0. The van der Waals surface area contributed by atoms with E-state index in [0.717, 1.165) is 0 Å². The van der Waals surface area contributed by atoms with E-state index in [9.17, 15) is 10.2 Å². The average molecular weight is 290 g/mol. The molecule has 6 heteroatoms. The van der Waals surface area contributed by atoms with E-state index in [1.165, 1.54) is 0 Å². The van der Waals surface area contributed by atoms with Gasteiger partial charge in [0.25, 0.3) is 0 Å². The van der Waals surface area contributed by atoms with Crippen LogP contribution in [0.15, 0.2) is 0 Å². The lowest BCUT2D eigenvalue weighted by atomic mass is 10.0. The number of rotatable bonds is 1. The summed E-state index contributed by atoms with van der Waals surface area (Å²) < 4.78 is 5.26. The van der Waals surface area contributed by atoms with E-state index in [-0.39, 0.29) is 0 Å². The van der Waals surface area contributed by atoms with E-state index < -0.39 is 30.7 Å². The van der Waals surface area contributed by atoms with Gasteiger partial charge in [0.1, 0.15) is 18.3 Å². The molecule has 0 aromatic rings. The van der Waals surface area contributed by atoms with E-state index in [1.807, 2.05) is 22.6 Å². The summed E-state index contributed by atoms with van der Waals surface area (Å²) in [6, 6.07) is 0. The summed E-state index contributed by atoms with van der Waals surface area (Å²) in [4.78, 5) is 0. The van der Waals surface area contributed by atoms with Crippen LogP contribution in [-0.4, -0.2) is 55.6 Å². The molecule has 0 unspecified atom stereocenters. The highest BCUT2D eigenvalue weighted by Crippen LogP contribution is 2.20. The second-order valence-corrected chi connectivity index (χ2v) is 3.57. The van der Waals surface area contributed by atoms with Gasteiger partial charge in [0.2, 0.25) is 0 Å². The molecular weight excluding hydrogens is 279 g/mol. The lowest BCUT2D eigenvalue weighted by molar-refractivity contribution is -0.275. The summed E-state index contributed by atoms with van der Waals surface area (Å²) in [5.74, 6) is 0. The Balaban J connectivity index is 2.63. The molecule has 72 valence electrons. The van der Waals surface area contributed by atoms with Gasteiger partial charge in [-0.3, -0.25) is 0 Å². The normalized spacial score (nSPS) is 49.2. The zero-order valence-electron chi connectivity index (χ0n) is 6.17. The summed E-state index contributed by atoms with van der Waals surface area (Å²) in [6.07, 6.45) is -5.95. The van der Waals surface area contributed by atoms with Crippen LogP contribution in [0.25, 0.3) is 0 Å². The van der Waals surface area contributed by atoms with Crippen LogP contribution in [0, 0.1) is 0 Å². The molecule has 0 aliphatic carbocycles. The van der Waals surface area contributed by atoms with Crippen molar-refractivity contribution in [3.8, 4) is 0 Å². The number of alkyl halides is 1. The molecule has 0 spiro atoms. The van der Waals surface area contributed by atoms with Crippen LogP contribution in [0.1, 0.15) is 0 Å². The lowest BCUT2D eigenvalue weighted by Crippen LogP contribution is -2.57. The molecule has 0 bridgehead atoms. The predicted octanol–water partition coefficient (Wildman–Crippen LogP) is -1.78. The molecule has 4 N–H and O–H groups in total. The monoisotopic (exact) mass is 290 g/mol. The Hall–Kier alpha value is 0.530. The van der Waals surface area contributed by atoms with Gasteiger partial charge >= 0.3 is 0 Å². The Labute approximate surface area is 83.1 Å². The van der Waals surface area contributed by atoms with Crippen LogP contribution < -0.4 is 0 Å². The molecule has 5 atom stereocenters. The van der Waals surface area contributed by atoms with Crippen molar-refractivity contribution in [1.82, 2.24) is 0 Å². The molecule has 0 saturated carbocycles. The predicted molar refractivity (Wildman–Crippen MR) is 47.8 cm³/mol. The minimum absolute atomic E-state index is 0.444. The summed E-state index contributed by atoms with van der Waals surface area (Å²) in [6.45, 7) is 0. The highest BCUT2D eigenvalue weighted by atomic mass is 127. The SMILES string of the molecule is O[C@H]1[C@H](O)[C@H](O)O[C@@H](CI)[C@H]1O. The van der Waals surface area contributed by atoms with Crippen molar-refractivity contribution in [2.24, 2.45) is 0 Å². The maximum Gasteiger partial charge on any atom is 0.183 e. The van der Waals surface area contributed by atoms with Crippen LogP contribution in [0.3, 0.4) is 0 Å². The maximum atomic E-state index is 9.27. The van der Waals surface area contributed by atoms with E-state index in [0.29, 0.717) is 4.43 Å². The van der Waals surface area contributed by atoms with Crippen molar-refractivity contribution in [2.45, 2.75) is 30.7 Å². The van der Waals surface area contributed by atoms with Gasteiger partial charge in [-0.25, -0.2) is 0 Å². The van der Waals surface area contributed by atoms with Gasteiger partial charge in [-0.05, 0) is 0 Å². The third kappa shape index (κ3) is 1.88. The Kier molecular flexibility index (Phi) is 3.68. The van der Waals surface area contributed by atoms with Crippen molar-refractivity contribution in [3.05, 3.63) is 0 Å². The number of hydrogen-bond acceptors (Lipinski definition) is 5. The van der Waals surface area contributed by atoms with Crippen LogP contribution in [0.2, 0.25) is 0 Å². The highest BCUT2D eigenvalue weighted by molar-refractivity contribution is 14.1. The number of halogens is 1. The van der Waals surface area contributed by atoms with E-state index in [2.05, 4.69) is 0 Å². The number of aliphatic hydroxyl groups excluding tert-OH is 4. The van der Waals surface area contributed by atoms with Crippen LogP contribution in [0.5, 0.6) is 0 Å². The third-order valence-electron chi connectivity index (χ3n) is 1.84. The largest absolute Gasteiger partial charge is 0.388 e. The molecule has 1 fully saturated rings. The first kappa shape index (κ1) is 10.6. The molecule has 1 aliphatic heterocycles. The second kappa shape index (κ2) is 4.16. The molecule has 1 rings (SSSR count). The van der Waals surface area contributed by atoms with Crippen LogP contribution >= 0.6 is 22.6 Å². The zero-order valence-corrected chi connectivity index (χ0v) is 8.33. The highest BCUT2D eigenvalue weighted by Gasteiger charge is 2.42. The Morgan fingerprint density at radius 2 is 1.58 bits per heavy atom. The van der Waals surface area contributed by atoms with E-state index >= 15 is 0 Å². The van der Waals surface area contributed by atoms with E-state index in [1.54, 1.807) is 0 Å². The van der Waals surface area contributed by atoms with Gasteiger partial charge in [0.15, 0.2) is 6.29 Å². The lowest BCUT2D eigenvalue weighted by Gasteiger charge is -2.37. The third-order valence-corrected chi connectivity index (χ3v) is 2.71. The van der Waals surface area contributed by atoms with Crippen molar-refractivity contribution in [3.63, 3.8) is 0 Å². The van der Waals surface area contributed by atoms with Crippen molar-refractivity contribution >= 4 is 22.6 Å². The molecule has 1 heterocycles. The second-order valence-electron chi connectivity index (χ2n) is 2.69. The summed E-state index contributed by atoms with van der Waals surface area (Å²) in [5, 5.41) is 36.5. The minimum atomic E-state index is -1.43. The molecule has 12 heavy (non-hydrogen) atoms. The molecule has 0 aromatic carbocycles. The number of aliphatic hydroxyl groups is 4. The quantitative estimate of drug-likeness (QED) is 0.339. The standard InChI is InChI=1S/C6H11IO5/c7-1-2-3(8)4(9)5(10)6(11)12-2/h2-6,8-11H,1H2/t2-,3+,4+,5-,6+/m0/s1. The number of hydrogen-bond donors (Lipinski definition) is 4. The van der Waals surface area contributed by atoms with E-state index in [4.69, 9.17) is 14.9 Å². The van der Waals surface area contributed by atoms with Gasteiger partial charge < -0.3 is 25.2 Å². The molecular formula is C6H11IO5. The van der Waals surface area contributed by atoms with Gasteiger partial charge in [0, 0.05) is 4.43 Å². The smallest absolute Gasteiger partial charge is 0.183 e. The topological polar surface area (TPSA) is 90.2 Å². The van der Waals surface area contributed by atoms with Crippen LogP contribution in [0.4, 0.5) is 0 Å². The fourth-order valence-electron chi connectivity index (χ4n) is 1.06. The molecule has 0 amide bonds. The Bertz CT molecular complexity index is 150. The van der Waals surface area contributed by atoms with Crippen molar-refractivity contribution in [1.29, 1.82) is 0 Å². The Morgan fingerprint density at radius 3 is 2.08 bits per heavy atom. The van der Waals surface area contributed by atoms with Gasteiger partial charge in [0.05, 0.1) is 6.10 Å². The molecule has 1 aliphatic rings. The maximum absolute atomic E-state index is 9.27. The van der Waals surface area contributed by atoms with Gasteiger partial charge in [-0.1, -0.05) is 22.6 Å². The molecule has 5 nitrogen and oxygen atoms in total. The summed E-state index contributed by atoms with van der Waals surface area (Å²) in [7, 11) is 0.